The van der Waals surface area contributed by atoms with Crippen molar-refractivity contribution in [1.29, 1.82) is 0 Å². The fourth-order valence-electron chi connectivity index (χ4n) is 6.81. The number of ketones is 1. The number of Topliss-reactive ketones (excluding diaryl/α,β-unsaturated/α-hetero) is 1. The minimum absolute atomic E-state index is 0.170. The van der Waals surface area contributed by atoms with Crippen LogP contribution in [0.15, 0.2) is 23.3 Å². The van der Waals surface area contributed by atoms with E-state index in [0.29, 0.717) is 17.1 Å². The number of hydrogen-bond acceptors (Lipinski definition) is 1. The molecule has 0 aliphatic heterocycles. The van der Waals surface area contributed by atoms with E-state index in [1.165, 1.54) is 44.9 Å². The molecule has 0 radical (unpaired) electrons. The number of carbonyl (C=O) groups excluding carboxylic acids is 1. The summed E-state index contributed by atoms with van der Waals surface area (Å²) in [6.45, 7) is 6.72. The van der Waals surface area contributed by atoms with E-state index in [0.717, 1.165) is 23.8 Å². The minimum atomic E-state index is 0.170. The van der Waals surface area contributed by atoms with Crippen LogP contribution in [-0.4, -0.2) is 5.78 Å². The molecule has 2 fully saturated rings. The Bertz CT molecular complexity index is 568. The van der Waals surface area contributed by atoms with Gasteiger partial charge in [-0.05, 0) is 86.0 Å². The fourth-order valence-corrected chi connectivity index (χ4v) is 6.81. The van der Waals surface area contributed by atoms with Gasteiger partial charge in [-0.1, -0.05) is 38.0 Å². The molecular weight excluding hydrogens is 268 g/mol. The molecule has 0 aromatic heterocycles. The van der Waals surface area contributed by atoms with Gasteiger partial charge in [0.05, 0.1) is 0 Å². The SMILES string of the molecule is CC(=O)C1=CC[C@@H]2[C@H]3CC=C4CCCC[C@]4(C)[C@@H]3CC[C@]12C. The zero-order chi connectivity index (χ0) is 15.5. The first-order valence-electron chi connectivity index (χ1n) is 9.38. The average molecular weight is 298 g/mol. The smallest absolute Gasteiger partial charge is 0.156 e. The van der Waals surface area contributed by atoms with Crippen LogP contribution in [0.25, 0.3) is 0 Å². The molecule has 0 heterocycles. The Morgan fingerprint density at radius 3 is 2.64 bits per heavy atom. The lowest BCUT2D eigenvalue weighted by molar-refractivity contribution is -0.115. The standard InChI is InChI=1S/C21H30O/c1-14(22)17-9-10-18-16-8-7-15-6-4-5-12-20(15,2)19(16)11-13-21(17,18)3/h7,9,16,18-19H,4-6,8,10-13H2,1-3H3/t16-,18-,19-,20+,21-/m1/s1. The van der Waals surface area contributed by atoms with Gasteiger partial charge in [-0.15, -0.1) is 0 Å². The van der Waals surface area contributed by atoms with Crippen molar-refractivity contribution in [3.63, 3.8) is 0 Å². The first-order valence-corrected chi connectivity index (χ1v) is 9.38. The number of carbonyl (C=O) groups is 1. The molecule has 0 bridgehead atoms. The second-order valence-corrected chi connectivity index (χ2v) is 8.83. The van der Waals surface area contributed by atoms with Gasteiger partial charge in [0.15, 0.2) is 5.78 Å². The highest BCUT2D eigenvalue weighted by Gasteiger charge is 2.56. The molecule has 120 valence electrons. The first kappa shape index (κ1) is 14.7. The van der Waals surface area contributed by atoms with Crippen LogP contribution in [0.1, 0.15) is 72.1 Å². The Labute approximate surface area is 135 Å². The van der Waals surface area contributed by atoms with E-state index < -0.39 is 0 Å². The highest BCUT2D eigenvalue weighted by Crippen LogP contribution is 2.64. The van der Waals surface area contributed by atoms with Crippen molar-refractivity contribution < 1.29 is 4.79 Å². The molecule has 1 nitrogen and oxygen atoms in total. The molecule has 4 aliphatic carbocycles. The maximum atomic E-state index is 12.1. The number of fused-ring (bicyclic) bond motifs is 5. The lowest BCUT2D eigenvalue weighted by Crippen LogP contribution is -2.49. The summed E-state index contributed by atoms with van der Waals surface area (Å²) in [5.74, 6) is 2.70. The van der Waals surface area contributed by atoms with E-state index in [-0.39, 0.29) is 5.41 Å². The summed E-state index contributed by atoms with van der Waals surface area (Å²) in [6, 6.07) is 0. The first-order chi connectivity index (χ1) is 10.5. The molecule has 0 aromatic carbocycles. The van der Waals surface area contributed by atoms with Crippen LogP contribution in [0.5, 0.6) is 0 Å². The van der Waals surface area contributed by atoms with Crippen molar-refractivity contribution >= 4 is 5.78 Å². The molecule has 0 amide bonds. The van der Waals surface area contributed by atoms with Crippen LogP contribution >= 0.6 is 0 Å². The van der Waals surface area contributed by atoms with E-state index in [1.54, 1.807) is 12.5 Å². The van der Waals surface area contributed by atoms with E-state index in [1.807, 2.05) is 0 Å². The number of hydrogen-bond donors (Lipinski definition) is 0. The number of rotatable bonds is 1. The van der Waals surface area contributed by atoms with Crippen molar-refractivity contribution in [1.82, 2.24) is 0 Å². The zero-order valence-corrected chi connectivity index (χ0v) is 14.5. The van der Waals surface area contributed by atoms with Crippen LogP contribution in [0.2, 0.25) is 0 Å². The molecule has 0 aromatic rings. The third kappa shape index (κ3) is 1.80. The van der Waals surface area contributed by atoms with Crippen LogP contribution in [0, 0.1) is 28.6 Å². The van der Waals surface area contributed by atoms with Gasteiger partial charge in [0.1, 0.15) is 0 Å². The molecule has 0 unspecified atom stereocenters. The Kier molecular flexibility index (Phi) is 3.23. The number of allylic oxidation sites excluding steroid dienone is 4. The Morgan fingerprint density at radius 1 is 1.05 bits per heavy atom. The van der Waals surface area contributed by atoms with Gasteiger partial charge in [-0.2, -0.15) is 0 Å². The summed E-state index contributed by atoms with van der Waals surface area (Å²) in [7, 11) is 0. The predicted molar refractivity (Wildman–Crippen MR) is 90.5 cm³/mol. The van der Waals surface area contributed by atoms with Crippen LogP contribution in [0.3, 0.4) is 0 Å². The van der Waals surface area contributed by atoms with Crippen LogP contribution in [-0.2, 0) is 4.79 Å². The Morgan fingerprint density at radius 2 is 1.86 bits per heavy atom. The van der Waals surface area contributed by atoms with Gasteiger partial charge in [-0.25, -0.2) is 0 Å². The predicted octanol–water partition coefficient (Wildman–Crippen LogP) is 5.46. The Balaban J connectivity index is 1.69. The highest BCUT2D eigenvalue weighted by atomic mass is 16.1. The van der Waals surface area contributed by atoms with E-state index in [9.17, 15) is 4.79 Å². The van der Waals surface area contributed by atoms with Crippen molar-refractivity contribution in [2.75, 3.05) is 0 Å². The lowest BCUT2D eigenvalue weighted by atomic mass is 9.47. The second-order valence-electron chi connectivity index (χ2n) is 8.83. The second kappa shape index (κ2) is 4.82. The van der Waals surface area contributed by atoms with E-state index in [2.05, 4.69) is 26.0 Å². The third-order valence-corrected chi connectivity index (χ3v) is 7.98. The monoisotopic (exact) mass is 298 g/mol. The minimum Gasteiger partial charge on any atom is -0.295 e. The van der Waals surface area contributed by atoms with Crippen molar-refractivity contribution in [3.05, 3.63) is 23.3 Å². The summed E-state index contributed by atoms with van der Waals surface area (Å²) < 4.78 is 0. The lowest BCUT2D eigenvalue weighted by Gasteiger charge is -2.57. The quantitative estimate of drug-likeness (QED) is 0.587. The summed E-state index contributed by atoms with van der Waals surface area (Å²) in [5, 5.41) is 0. The van der Waals surface area contributed by atoms with Gasteiger partial charge in [0.2, 0.25) is 0 Å². The average Bonchev–Trinajstić information content (AvgIpc) is 2.84. The topological polar surface area (TPSA) is 17.1 Å². The van der Waals surface area contributed by atoms with Crippen LogP contribution < -0.4 is 0 Å². The van der Waals surface area contributed by atoms with Crippen LogP contribution in [0.4, 0.5) is 0 Å². The van der Waals surface area contributed by atoms with Crippen molar-refractivity contribution in [2.24, 2.45) is 28.6 Å². The van der Waals surface area contributed by atoms with Crippen molar-refractivity contribution in [2.45, 2.75) is 72.1 Å². The molecule has 22 heavy (non-hydrogen) atoms. The van der Waals surface area contributed by atoms with Gasteiger partial charge in [0, 0.05) is 0 Å². The summed E-state index contributed by atoms with van der Waals surface area (Å²) >= 11 is 0. The molecule has 2 saturated carbocycles. The van der Waals surface area contributed by atoms with Crippen molar-refractivity contribution in [3.8, 4) is 0 Å². The van der Waals surface area contributed by atoms with E-state index in [4.69, 9.17) is 0 Å². The summed E-state index contributed by atoms with van der Waals surface area (Å²) in [6.07, 6.45) is 15.4. The zero-order valence-electron chi connectivity index (χ0n) is 14.5. The summed E-state index contributed by atoms with van der Waals surface area (Å²) in [5.41, 5.74) is 3.58. The molecule has 0 spiro atoms. The molecular formula is C21H30O. The third-order valence-electron chi connectivity index (χ3n) is 7.98. The molecule has 5 atom stereocenters. The van der Waals surface area contributed by atoms with Gasteiger partial charge in [-0.3, -0.25) is 4.79 Å². The van der Waals surface area contributed by atoms with Gasteiger partial charge >= 0.3 is 0 Å². The maximum Gasteiger partial charge on any atom is 0.156 e. The molecule has 4 rings (SSSR count). The maximum absolute atomic E-state index is 12.1. The van der Waals surface area contributed by atoms with Gasteiger partial charge < -0.3 is 0 Å². The fraction of sp³-hybridized carbons (Fsp3) is 0.762. The molecule has 1 heteroatoms. The molecule has 0 saturated heterocycles. The normalized spacial score (nSPS) is 47.0. The molecule has 4 aliphatic rings. The Hall–Kier alpha value is -0.850. The summed E-state index contributed by atoms with van der Waals surface area (Å²) in [4.78, 5) is 12.1. The van der Waals surface area contributed by atoms with Gasteiger partial charge in [0.25, 0.3) is 0 Å². The largest absolute Gasteiger partial charge is 0.295 e. The molecule has 0 N–H and O–H groups in total. The van der Waals surface area contributed by atoms with E-state index >= 15 is 0 Å². The highest BCUT2D eigenvalue weighted by molar-refractivity contribution is 5.95.